The number of carbonyl (C=O) groups is 2. The fraction of sp³-hybridized carbons (Fsp3) is 0.391. The minimum absolute atomic E-state index is 0.102. The molecule has 0 heterocycles. The lowest BCUT2D eigenvalue weighted by molar-refractivity contribution is -0.143. The molecular weight excluding hydrogens is 402 g/mol. The van der Waals surface area contributed by atoms with E-state index >= 15 is 0 Å². The van der Waals surface area contributed by atoms with Crippen molar-refractivity contribution in [2.45, 2.75) is 19.3 Å². The molecule has 0 radical (unpaired) electrons. The summed E-state index contributed by atoms with van der Waals surface area (Å²) in [4.78, 5) is 24.9. The Labute approximate surface area is 182 Å². The Morgan fingerprint density at radius 2 is 1.52 bits per heavy atom. The van der Waals surface area contributed by atoms with Crippen LogP contribution >= 0.6 is 0 Å². The summed E-state index contributed by atoms with van der Waals surface area (Å²) < 4.78 is 26.2. The highest BCUT2D eigenvalue weighted by atomic mass is 16.5. The molecule has 0 saturated carbocycles. The average Bonchev–Trinajstić information content (AvgIpc) is 2.80. The predicted octanol–water partition coefficient (Wildman–Crippen LogP) is 3.19. The van der Waals surface area contributed by atoms with Gasteiger partial charge < -0.3 is 29.0 Å². The molecule has 0 aliphatic rings. The lowest BCUT2D eigenvalue weighted by Crippen LogP contribution is -2.29. The second-order valence-corrected chi connectivity index (χ2v) is 6.63. The van der Waals surface area contributed by atoms with Crippen molar-refractivity contribution in [3.8, 4) is 23.0 Å². The number of carbonyl (C=O) groups excluding carboxylic acids is 2. The Morgan fingerprint density at radius 3 is 2.06 bits per heavy atom. The zero-order valence-corrected chi connectivity index (χ0v) is 18.5. The molecule has 0 bridgehead atoms. The van der Waals surface area contributed by atoms with Crippen molar-refractivity contribution >= 4 is 11.9 Å². The molecule has 31 heavy (non-hydrogen) atoms. The van der Waals surface area contributed by atoms with E-state index in [0.29, 0.717) is 28.6 Å². The van der Waals surface area contributed by atoms with Crippen LogP contribution in [0.2, 0.25) is 0 Å². The Morgan fingerprint density at radius 1 is 0.871 bits per heavy atom. The molecule has 1 N–H and O–H groups in total. The zero-order chi connectivity index (χ0) is 22.8. The van der Waals surface area contributed by atoms with Gasteiger partial charge in [-0.1, -0.05) is 6.07 Å². The summed E-state index contributed by atoms with van der Waals surface area (Å²) in [7, 11) is 6.13. The molecule has 2 rings (SSSR count). The van der Waals surface area contributed by atoms with Crippen LogP contribution in [-0.2, 0) is 9.53 Å². The lowest BCUT2D eigenvalue weighted by Gasteiger charge is -2.19. The third-order valence-corrected chi connectivity index (χ3v) is 4.72. The van der Waals surface area contributed by atoms with Gasteiger partial charge in [-0.15, -0.1) is 0 Å². The van der Waals surface area contributed by atoms with Gasteiger partial charge in [0.15, 0.2) is 11.5 Å². The molecule has 0 spiro atoms. The Hall–Kier alpha value is -3.42. The van der Waals surface area contributed by atoms with Crippen LogP contribution in [0, 0.1) is 0 Å². The molecule has 1 unspecified atom stereocenters. The molecular formula is C23H29NO7. The van der Waals surface area contributed by atoms with Crippen molar-refractivity contribution < 1.29 is 33.3 Å². The quantitative estimate of drug-likeness (QED) is 0.546. The van der Waals surface area contributed by atoms with Crippen LogP contribution in [0.1, 0.15) is 35.2 Å². The largest absolute Gasteiger partial charge is 0.497 e. The zero-order valence-electron chi connectivity index (χ0n) is 18.5. The van der Waals surface area contributed by atoms with E-state index in [1.165, 1.54) is 14.2 Å². The SMILES string of the molecule is CCOC(=O)CC(CNC(=O)c1cc(OC)cc(OC)c1)c1ccc(OC)c(OC)c1. The molecule has 2 aromatic carbocycles. The number of esters is 1. The molecule has 0 aromatic heterocycles. The van der Waals surface area contributed by atoms with Crippen molar-refractivity contribution in [3.63, 3.8) is 0 Å². The Balaban J connectivity index is 2.24. The fourth-order valence-corrected chi connectivity index (χ4v) is 3.09. The maximum Gasteiger partial charge on any atom is 0.306 e. The van der Waals surface area contributed by atoms with Crippen LogP contribution in [0.4, 0.5) is 0 Å². The summed E-state index contributed by atoms with van der Waals surface area (Å²) in [6, 6.07) is 10.3. The van der Waals surface area contributed by atoms with Crippen molar-refractivity contribution in [2.24, 2.45) is 0 Å². The van der Waals surface area contributed by atoms with E-state index < -0.39 is 0 Å². The highest BCUT2D eigenvalue weighted by molar-refractivity contribution is 5.95. The van der Waals surface area contributed by atoms with Gasteiger partial charge in [0, 0.05) is 24.1 Å². The topological polar surface area (TPSA) is 92.3 Å². The van der Waals surface area contributed by atoms with E-state index in [0.717, 1.165) is 5.56 Å². The van der Waals surface area contributed by atoms with Crippen molar-refractivity contribution in [2.75, 3.05) is 41.6 Å². The minimum atomic E-state index is -0.348. The molecule has 0 fully saturated rings. The number of amides is 1. The number of hydrogen-bond donors (Lipinski definition) is 1. The van der Waals surface area contributed by atoms with Crippen LogP contribution in [0.25, 0.3) is 0 Å². The first-order chi connectivity index (χ1) is 14.9. The van der Waals surface area contributed by atoms with Gasteiger partial charge in [-0.3, -0.25) is 9.59 Å². The number of nitrogens with one attached hydrogen (secondary N) is 1. The van der Waals surface area contributed by atoms with Crippen LogP contribution in [0.5, 0.6) is 23.0 Å². The molecule has 1 amide bonds. The van der Waals surface area contributed by atoms with Gasteiger partial charge in [0.2, 0.25) is 0 Å². The Bertz CT molecular complexity index is 875. The number of ether oxygens (including phenoxy) is 5. The summed E-state index contributed by atoms with van der Waals surface area (Å²) in [5.74, 6) is 1.15. The van der Waals surface area contributed by atoms with E-state index in [4.69, 9.17) is 23.7 Å². The lowest BCUT2D eigenvalue weighted by atomic mass is 9.95. The van der Waals surface area contributed by atoms with Gasteiger partial charge in [0.1, 0.15) is 11.5 Å². The molecule has 168 valence electrons. The maximum atomic E-state index is 12.8. The highest BCUT2D eigenvalue weighted by Crippen LogP contribution is 2.32. The molecule has 2 aromatic rings. The van der Waals surface area contributed by atoms with Crippen molar-refractivity contribution in [3.05, 3.63) is 47.5 Å². The second kappa shape index (κ2) is 11.7. The molecule has 8 heteroatoms. The van der Waals surface area contributed by atoms with Crippen molar-refractivity contribution in [1.82, 2.24) is 5.32 Å². The van der Waals surface area contributed by atoms with Crippen LogP contribution in [0.15, 0.2) is 36.4 Å². The van der Waals surface area contributed by atoms with E-state index in [-0.39, 0.29) is 37.4 Å². The third-order valence-electron chi connectivity index (χ3n) is 4.72. The first kappa shape index (κ1) is 23.9. The number of benzene rings is 2. The number of rotatable bonds is 11. The number of methoxy groups -OCH3 is 4. The Kier molecular flexibility index (Phi) is 8.99. The van der Waals surface area contributed by atoms with E-state index in [2.05, 4.69) is 5.32 Å². The first-order valence-corrected chi connectivity index (χ1v) is 9.84. The van der Waals surface area contributed by atoms with E-state index in [1.54, 1.807) is 51.5 Å². The summed E-state index contributed by atoms with van der Waals surface area (Å²) in [5.41, 5.74) is 1.20. The van der Waals surface area contributed by atoms with Gasteiger partial charge in [-0.2, -0.15) is 0 Å². The van der Waals surface area contributed by atoms with Gasteiger partial charge in [0.25, 0.3) is 5.91 Å². The predicted molar refractivity (Wildman–Crippen MR) is 115 cm³/mol. The van der Waals surface area contributed by atoms with Crippen LogP contribution in [0.3, 0.4) is 0 Å². The summed E-state index contributed by atoms with van der Waals surface area (Å²) in [6.45, 7) is 2.25. The van der Waals surface area contributed by atoms with Gasteiger partial charge in [-0.05, 0) is 36.8 Å². The molecule has 8 nitrogen and oxygen atoms in total. The standard InChI is InChI=1S/C23H29NO7/c1-6-31-22(25)12-17(15-7-8-20(29-4)21(11-15)30-5)14-24-23(26)16-9-18(27-2)13-19(10-16)28-3/h7-11,13,17H,6,12,14H2,1-5H3,(H,24,26). The monoisotopic (exact) mass is 431 g/mol. The molecule has 0 saturated heterocycles. The number of hydrogen-bond acceptors (Lipinski definition) is 7. The fourth-order valence-electron chi connectivity index (χ4n) is 3.09. The van der Waals surface area contributed by atoms with Crippen LogP contribution in [-0.4, -0.2) is 53.5 Å². The summed E-state index contributed by atoms with van der Waals surface area (Å²) in [6.07, 6.45) is 0.102. The highest BCUT2D eigenvalue weighted by Gasteiger charge is 2.21. The smallest absolute Gasteiger partial charge is 0.306 e. The van der Waals surface area contributed by atoms with Gasteiger partial charge in [0.05, 0.1) is 41.5 Å². The summed E-state index contributed by atoms with van der Waals surface area (Å²) >= 11 is 0. The second-order valence-electron chi connectivity index (χ2n) is 6.63. The summed E-state index contributed by atoms with van der Waals surface area (Å²) in [5, 5.41) is 2.88. The molecule has 1 atom stereocenters. The van der Waals surface area contributed by atoms with E-state index in [9.17, 15) is 9.59 Å². The molecule has 0 aliphatic carbocycles. The molecule has 0 aliphatic heterocycles. The van der Waals surface area contributed by atoms with Crippen LogP contribution < -0.4 is 24.3 Å². The maximum absolute atomic E-state index is 12.8. The van der Waals surface area contributed by atoms with Gasteiger partial charge in [-0.25, -0.2) is 0 Å². The average molecular weight is 431 g/mol. The first-order valence-electron chi connectivity index (χ1n) is 9.84. The van der Waals surface area contributed by atoms with Crippen molar-refractivity contribution in [1.29, 1.82) is 0 Å². The minimum Gasteiger partial charge on any atom is -0.497 e. The van der Waals surface area contributed by atoms with E-state index in [1.807, 2.05) is 6.07 Å². The third kappa shape index (κ3) is 6.53. The van der Waals surface area contributed by atoms with Gasteiger partial charge >= 0.3 is 5.97 Å². The normalized spacial score (nSPS) is 11.3.